The number of hydrogen-bond donors (Lipinski definition) is 3. The molecule has 0 radical (unpaired) electrons. The van der Waals surface area contributed by atoms with E-state index in [9.17, 15) is 14.7 Å². The van der Waals surface area contributed by atoms with Crippen LogP contribution in [0.5, 0.6) is 0 Å². The second-order valence-corrected chi connectivity index (χ2v) is 5.59. The van der Waals surface area contributed by atoms with Gasteiger partial charge in [-0.3, -0.25) is 9.59 Å². The molecule has 1 fully saturated rings. The maximum Gasteiger partial charge on any atom is 0.233 e. The molecule has 1 saturated heterocycles. The minimum atomic E-state index is -0.740. The Morgan fingerprint density at radius 3 is 2.57 bits per heavy atom. The van der Waals surface area contributed by atoms with E-state index in [0.717, 1.165) is 12.8 Å². The van der Waals surface area contributed by atoms with Crippen molar-refractivity contribution in [3.8, 4) is 0 Å². The van der Waals surface area contributed by atoms with Gasteiger partial charge in [-0.25, -0.2) is 0 Å². The van der Waals surface area contributed by atoms with Gasteiger partial charge in [0.15, 0.2) is 0 Å². The van der Waals surface area contributed by atoms with Crippen molar-refractivity contribution < 1.29 is 19.4 Å². The average molecular weight is 290 g/mol. The lowest BCUT2D eigenvalue weighted by Crippen LogP contribution is -2.19. The number of hydrogen-bond acceptors (Lipinski definition) is 4. The van der Waals surface area contributed by atoms with Crippen LogP contribution in [-0.4, -0.2) is 29.1 Å². The molecular formula is C15H18N2O4. The number of rotatable bonds is 2. The fourth-order valence-electron chi connectivity index (χ4n) is 2.77. The lowest BCUT2D eigenvalue weighted by atomic mass is 10.0. The summed E-state index contributed by atoms with van der Waals surface area (Å²) in [5, 5.41) is 15.7. The highest BCUT2D eigenvalue weighted by Crippen LogP contribution is 2.33. The molecule has 112 valence electrons. The highest BCUT2D eigenvalue weighted by Gasteiger charge is 2.30. The number of carbonyl (C=O) groups is 2. The number of ether oxygens (including phenoxy) is 1. The zero-order chi connectivity index (χ0) is 15.0. The highest BCUT2D eigenvalue weighted by molar-refractivity contribution is 6.13. The monoisotopic (exact) mass is 290 g/mol. The van der Waals surface area contributed by atoms with Crippen molar-refractivity contribution in [2.45, 2.75) is 44.5 Å². The number of fused-ring (bicyclic) bond motifs is 1. The molecule has 1 aromatic carbocycles. The zero-order valence-electron chi connectivity index (χ0n) is 11.8. The van der Waals surface area contributed by atoms with Crippen LogP contribution in [0.2, 0.25) is 0 Å². The van der Waals surface area contributed by atoms with Crippen molar-refractivity contribution in [1.82, 2.24) is 0 Å². The number of carbonyl (C=O) groups excluding carboxylic acids is 2. The Balaban J connectivity index is 1.85. The molecule has 0 spiro atoms. The molecule has 6 nitrogen and oxygen atoms in total. The first-order chi connectivity index (χ1) is 10.0. The largest absolute Gasteiger partial charge is 0.386 e. The minimum Gasteiger partial charge on any atom is -0.386 e. The Bertz CT molecular complexity index is 587. The van der Waals surface area contributed by atoms with E-state index in [1.165, 1.54) is 0 Å². The second-order valence-electron chi connectivity index (χ2n) is 5.59. The van der Waals surface area contributed by atoms with E-state index in [0.29, 0.717) is 16.9 Å². The summed E-state index contributed by atoms with van der Waals surface area (Å²) in [5.41, 5.74) is 1.72. The number of nitrogens with one attached hydrogen (secondary N) is 2. The summed E-state index contributed by atoms with van der Waals surface area (Å²) in [6, 6.07) is 5.12. The number of aliphatic hydroxyl groups is 1. The summed E-state index contributed by atoms with van der Waals surface area (Å²) in [6.07, 6.45) is 0.729. The van der Waals surface area contributed by atoms with Crippen molar-refractivity contribution in [2.75, 3.05) is 10.6 Å². The standard InChI is InChI=1S/C15H18N2O4/c1-8-2-5-12(21-8)15(20)9-3-4-10-11(6-9)17-14(19)7-13(18)16-10/h3-4,6,8,12,15,20H,2,5,7H2,1H3,(H,16,18)(H,17,19). The molecule has 2 aliphatic rings. The maximum atomic E-state index is 11.6. The van der Waals surface area contributed by atoms with Gasteiger partial charge in [-0.05, 0) is 37.5 Å². The number of benzene rings is 1. The fourth-order valence-corrected chi connectivity index (χ4v) is 2.77. The molecule has 0 aromatic heterocycles. The van der Waals surface area contributed by atoms with Crippen molar-refractivity contribution in [2.24, 2.45) is 0 Å². The summed E-state index contributed by atoms with van der Waals surface area (Å²) in [4.78, 5) is 23.1. The summed E-state index contributed by atoms with van der Waals surface area (Å²) < 4.78 is 5.68. The predicted molar refractivity (Wildman–Crippen MR) is 76.8 cm³/mol. The average Bonchev–Trinajstić information content (AvgIpc) is 2.79. The van der Waals surface area contributed by atoms with Crippen LogP contribution in [0.1, 0.15) is 37.9 Å². The highest BCUT2D eigenvalue weighted by atomic mass is 16.5. The van der Waals surface area contributed by atoms with Crippen LogP contribution in [0.15, 0.2) is 18.2 Å². The van der Waals surface area contributed by atoms with Crippen molar-refractivity contribution >= 4 is 23.2 Å². The minimum absolute atomic E-state index is 0.157. The van der Waals surface area contributed by atoms with E-state index in [2.05, 4.69) is 10.6 Å². The van der Waals surface area contributed by atoms with Gasteiger partial charge in [-0.1, -0.05) is 6.07 Å². The van der Waals surface area contributed by atoms with E-state index in [1.54, 1.807) is 18.2 Å². The third kappa shape index (κ3) is 2.91. The molecule has 1 aromatic rings. The number of amides is 2. The maximum absolute atomic E-state index is 11.6. The molecule has 2 heterocycles. The Kier molecular flexibility index (Phi) is 3.65. The molecule has 3 rings (SSSR count). The van der Waals surface area contributed by atoms with Gasteiger partial charge in [0.1, 0.15) is 12.5 Å². The molecule has 0 aliphatic carbocycles. The Hall–Kier alpha value is -1.92. The van der Waals surface area contributed by atoms with Crippen molar-refractivity contribution in [3.63, 3.8) is 0 Å². The van der Waals surface area contributed by atoms with E-state index in [-0.39, 0.29) is 30.4 Å². The molecule has 3 N–H and O–H groups in total. The molecule has 0 bridgehead atoms. The van der Waals surface area contributed by atoms with Gasteiger partial charge in [0.05, 0.1) is 23.6 Å². The van der Waals surface area contributed by atoms with E-state index >= 15 is 0 Å². The van der Waals surface area contributed by atoms with E-state index in [1.807, 2.05) is 6.92 Å². The van der Waals surface area contributed by atoms with Gasteiger partial charge in [0, 0.05) is 0 Å². The predicted octanol–water partition coefficient (Wildman–Crippen LogP) is 1.57. The summed E-state index contributed by atoms with van der Waals surface area (Å²) in [6.45, 7) is 1.99. The normalized spacial score (nSPS) is 26.6. The van der Waals surface area contributed by atoms with Crippen LogP contribution in [0.4, 0.5) is 11.4 Å². The molecular weight excluding hydrogens is 272 g/mol. The first-order valence-electron chi connectivity index (χ1n) is 7.10. The first-order valence-corrected chi connectivity index (χ1v) is 7.10. The van der Waals surface area contributed by atoms with Crippen molar-refractivity contribution in [1.29, 1.82) is 0 Å². The Morgan fingerprint density at radius 1 is 1.19 bits per heavy atom. The molecule has 2 amide bonds. The molecule has 6 heteroatoms. The third-order valence-corrected chi connectivity index (χ3v) is 3.87. The first kappa shape index (κ1) is 14.0. The number of anilines is 2. The van der Waals surface area contributed by atoms with Gasteiger partial charge < -0.3 is 20.5 Å². The van der Waals surface area contributed by atoms with E-state index in [4.69, 9.17) is 4.74 Å². The number of aliphatic hydroxyl groups excluding tert-OH is 1. The van der Waals surface area contributed by atoms with Crippen LogP contribution in [0.3, 0.4) is 0 Å². The third-order valence-electron chi connectivity index (χ3n) is 3.87. The molecule has 2 aliphatic heterocycles. The molecule has 3 atom stereocenters. The van der Waals surface area contributed by atoms with Crippen LogP contribution >= 0.6 is 0 Å². The molecule has 3 unspecified atom stereocenters. The lowest BCUT2D eigenvalue weighted by molar-refractivity contribution is -0.123. The van der Waals surface area contributed by atoms with Crippen molar-refractivity contribution in [3.05, 3.63) is 23.8 Å². The zero-order valence-corrected chi connectivity index (χ0v) is 11.8. The van der Waals surface area contributed by atoms with Gasteiger partial charge in [0.2, 0.25) is 11.8 Å². The van der Waals surface area contributed by atoms with Gasteiger partial charge in [0.25, 0.3) is 0 Å². The van der Waals surface area contributed by atoms with Gasteiger partial charge >= 0.3 is 0 Å². The fraction of sp³-hybridized carbons (Fsp3) is 0.467. The quantitative estimate of drug-likeness (QED) is 0.721. The Labute approximate surface area is 122 Å². The molecule has 0 saturated carbocycles. The summed E-state index contributed by atoms with van der Waals surface area (Å²) in [5.74, 6) is -0.698. The van der Waals surface area contributed by atoms with Gasteiger partial charge in [-0.15, -0.1) is 0 Å². The SMILES string of the molecule is CC1CCC(C(O)c2ccc3c(c2)NC(=O)CC(=O)N3)O1. The Morgan fingerprint density at radius 2 is 1.90 bits per heavy atom. The second kappa shape index (κ2) is 5.46. The van der Waals surface area contributed by atoms with Crippen LogP contribution < -0.4 is 10.6 Å². The van der Waals surface area contributed by atoms with Gasteiger partial charge in [-0.2, -0.15) is 0 Å². The summed E-state index contributed by atoms with van der Waals surface area (Å²) >= 11 is 0. The van der Waals surface area contributed by atoms with E-state index < -0.39 is 6.10 Å². The van der Waals surface area contributed by atoms with Crippen LogP contribution in [-0.2, 0) is 14.3 Å². The van der Waals surface area contributed by atoms with Crippen LogP contribution in [0, 0.1) is 0 Å². The smallest absolute Gasteiger partial charge is 0.233 e. The lowest BCUT2D eigenvalue weighted by Gasteiger charge is -2.20. The topological polar surface area (TPSA) is 87.7 Å². The molecule has 21 heavy (non-hydrogen) atoms. The summed E-state index contributed by atoms with van der Waals surface area (Å²) in [7, 11) is 0. The van der Waals surface area contributed by atoms with Crippen LogP contribution in [0.25, 0.3) is 0 Å².